The molecule has 0 unspecified atom stereocenters. The first kappa shape index (κ1) is 14.0. The Morgan fingerprint density at radius 3 is 2.60 bits per heavy atom. The number of hydrogen-bond acceptors (Lipinski definition) is 3. The standard InChI is InChI=1S/C15H12ClN3O/c16-13(10-12-6-2-1-3-7-12)11-18-19-15(20)14-8-4-5-9-17-14/h1-11H,(H,19,20)/b13-10+,18-11?. The molecule has 0 aliphatic heterocycles. The van der Waals surface area contributed by atoms with Crippen LogP contribution in [0.5, 0.6) is 0 Å². The second-order valence-electron chi connectivity index (χ2n) is 3.85. The predicted molar refractivity (Wildman–Crippen MR) is 80.5 cm³/mol. The van der Waals surface area contributed by atoms with Crippen LogP contribution >= 0.6 is 11.6 Å². The van der Waals surface area contributed by atoms with Gasteiger partial charge in [0.25, 0.3) is 5.91 Å². The number of allylic oxidation sites excluding steroid dienone is 1. The van der Waals surface area contributed by atoms with E-state index in [2.05, 4.69) is 15.5 Å². The average Bonchev–Trinajstić information content (AvgIpc) is 2.49. The lowest BCUT2D eigenvalue weighted by molar-refractivity contribution is 0.0950. The van der Waals surface area contributed by atoms with Gasteiger partial charge in [0.05, 0.1) is 11.2 Å². The van der Waals surface area contributed by atoms with Crippen LogP contribution in [-0.2, 0) is 0 Å². The first-order valence-electron chi connectivity index (χ1n) is 5.92. The van der Waals surface area contributed by atoms with Crippen molar-refractivity contribution in [2.24, 2.45) is 5.10 Å². The third kappa shape index (κ3) is 4.33. The number of hydrazone groups is 1. The van der Waals surface area contributed by atoms with Gasteiger partial charge in [-0.3, -0.25) is 9.78 Å². The zero-order valence-electron chi connectivity index (χ0n) is 10.5. The Labute approximate surface area is 121 Å². The molecule has 0 atom stereocenters. The van der Waals surface area contributed by atoms with Crippen molar-refractivity contribution in [3.8, 4) is 0 Å². The van der Waals surface area contributed by atoms with Gasteiger partial charge in [0.15, 0.2) is 0 Å². The molecule has 0 spiro atoms. The van der Waals surface area contributed by atoms with Crippen LogP contribution < -0.4 is 5.43 Å². The second kappa shape index (κ2) is 7.21. The van der Waals surface area contributed by atoms with E-state index in [4.69, 9.17) is 11.6 Å². The molecule has 1 aromatic heterocycles. The van der Waals surface area contributed by atoms with Crippen LogP contribution in [0.1, 0.15) is 16.1 Å². The quantitative estimate of drug-likeness (QED) is 0.693. The molecular formula is C15H12ClN3O. The summed E-state index contributed by atoms with van der Waals surface area (Å²) in [5.74, 6) is -0.383. The highest BCUT2D eigenvalue weighted by atomic mass is 35.5. The molecule has 0 aliphatic carbocycles. The lowest BCUT2D eigenvalue weighted by Crippen LogP contribution is -2.18. The predicted octanol–water partition coefficient (Wildman–Crippen LogP) is 3.08. The molecule has 0 aliphatic rings. The summed E-state index contributed by atoms with van der Waals surface area (Å²) in [5.41, 5.74) is 3.62. The monoisotopic (exact) mass is 285 g/mol. The van der Waals surface area contributed by atoms with E-state index in [1.165, 1.54) is 6.21 Å². The minimum Gasteiger partial charge on any atom is -0.266 e. The SMILES string of the molecule is O=C(NN=C/C(Cl)=C\c1ccccc1)c1ccccn1. The molecule has 100 valence electrons. The van der Waals surface area contributed by atoms with Gasteiger partial charge in [-0.15, -0.1) is 0 Å². The third-order valence-electron chi connectivity index (χ3n) is 2.36. The van der Waals surface area contributed by atoms with Gasteiger partial charge < -0.3 is 0 Å². The number of pyridine rings is 1. The van der Waals surface area contributed by atoms with Crippen LogP contribution in [0.25, 0.3) is 6.08 Å². The van der Waals surface area contributed by atoms with Crippen LogP contribution in [0.3, 0.4) is 0 Å². The van der Waals surface area contributed by atoms with E-state index in [0.29, 0.717) is 10.7 Å². The lowest BCUT2D eigenvalue weighted by atomic mass is 10.2. The van der Waals surface area contributed by atoms with Gasteiger partial charge in [-0.25, -0.2) is 5.43 Å². The average molecular weight is 286 g/mol. The number of rotatable bonds is 4. The van der Waals surface area contributed by atoms with Crippen LogP contribution in [0.2, 0.25) is 0 Å². The van der Waals surface area contributed by atoms with Crippen molar-refractivity contribution in [3.05, 3.63) is 71.0 Å². The Hall–Kier alpha value is -2.46. The van der Waals surface area contributed by atoms with E-state index in [1.54, 1.807) is 30.5 Å². The zero-order valence-corrected chi connectivity index (χ0v) is 11.3. The fourth-order valence-corrected chi connectivity index (χ4v) is 1.63. The number of benzene rings is 1. The van der Waals surface area contributed by atoms with E-state index < -0.39 is 0 Å². The van der Waals surface area contributed by atoms with Crippen molar-refractivity contribution in [1.29, 1.82) is 0 Å². The maximum absolute atomic E-state index is 11.6. The van der Waals surface area contributed by atoms with Crippen LogP contribution in [-0.4, -0.2) is 17.1 Å². The highest BCUT2D eigenvalue weighted by Crippen LogP contribution is 2.07. The van der Waals surface area contributed by atoms with E-state index in [1.807, 2.05) is 30.3 Å². The molecule has 1 amide bonds. The fourth-order valence-electron chi connectivity index (χ4n) is 1.45. The molecular weight excluding hydrogens is 274 g/mol. The number of nitrogens with one attached hydrogen (secondary N) is 1. The summed E-state index contributed by atoms with van der Waals surface area (Å²) in [7, 11) is 0. The number of aromatic nitrogens is 1. The van der Waals surface area contributed by atoms with E-state index in [9.17, 15) is 4.79 Å². The van der Waals surface area contributed by atoms with Gasteiger partial charge in [-0.05, 0) is 23.8 Å². The summed E-state index contributed by atoms with van der Waals surface area (Å²) in [4.78, 5) is 15.5. The highest BCUT2D eigenvalue weighted by Gasteiger charge is 2.03. The summed E-state index contributed by atoms with van der Waals surface area (Å²) in [5, 5.41) is 4.19. The van der Waals surface area contributed by atoms with Crippen molar-refractivity contribution in [3.63, 3.8) is 0 Å². The maximum atomic E-state index is 11.6. The minimum absolute atomic E-state index is 0.299. The Balaban J connectivity index is 1.94. The smallest absolute Gasteiger partial charge is 0.266 e. The Morgan fingerprint density at radius 1 is 1.15 bits per heavy atom. The fraction of sp³-hybridized carbons (Fsp3) is 0. The summed E-state index contributed by atoms with van der Waals surface area (Å²) in [6, 6.07) is 14.7. The van der Waals surface area contributed by atoms with Crippen molar-refractivity contribution < 1.29 is 4.79 Å². The van der Waals surface area contributed by atoms with E-state index in [0.717, 1.165) is 5.56 Å². The minimum atomic E-state index is -0.383. The molecule has 0 saturated heterocycles. The molecule has 20 heavy (non-hydrogen) atoms. The van der Waals surface area contributed by atoms with Gasteiger partial charge in [0.1, 0.15) is 5.69 Å². The summed E-state index contributed by atoms with van der Waals surface area (Å²) >= 11 is 5.99. The third-order valence-corrected chi connectivity index (χ3v) is 2.56. The zero-order chi connectivity index (χ0) is 14.2. The van der Waals surface area contributed by atoms with Gasteiger partial charge >= 0.3 is 0 Å². The van der Waals surface area contributed by atoms with Crippen molar-refractivity contribution in [1.82, 2.24) is 10.4 Å². The molecule has 0 bridgehead atoms. The molecule has 0 saturated carbocycles. The van der Waals surface area contributed by atoms with Crippen LogP contribution in [0.4, 0.5) is 0 Å². The van der Waals surface area contributed by atoms with Gasteiger partial charge in [-0.2, -0.15) is 5.10 Å². The first-order chi connectivity index (χ1) is 9.75. The second-order valence-corrected chi connectivity index (χ2v) is 4.29. The molecule has 1 aromatic carbocycles. The number of halogens is 1. The highest BCUT2D eigenvalue weighted by molar-refractivity contribution is 6.41. The van der Waals surface area contributed by atoms with Gasteiger partial charge in [-0.1, -0.05) is 48.0 Å². The summed E-state index contributed by atoms with van der Waals surface area (Å²) in [6.45, 7) is 0. The summed E-state index contributed by atoms with van der Waals surface area (Å²) < 4.78 is 0. The molecule has 2 rings (SSSR count). The van der Waals surface area contributed by atoms with Crippen molar-refractivity contribution in [2.45, 2.75) is 0 Å². The maximum Gasteiger partial charge on any atom is 0.289 e. The largest absolute Gasteiger partial charge is 0.289 e. The molecule has 0 fully saturated rings. The molecule has 5 heteroatoms. The summed E-state index contributed by atoms with van der Waals surface area (Å²) in [6.07, 6.45) is 4.66. The molecule has 1 N–H and O–H groups in total. The number of amides is 1. The number of hydrogen-bond donors (Lipinski definition) is 1. The van der Waals surface area contributed by atoms with E-state index >= 15 is 0 Å². The lowest BCUT2D eigenvalue weighted by Gasteiger charge is -1.97. The van der Waals surface area contributed by atoms with Gasteiger partial charge in [0.2, 0.25) is 0 Å². The molecule has 2 aromatic rings. The normalized spacial score (nSPS) is 11.6. The van der Waals surface area contributed by atoms with Gasteiger partial charge in [0, 0.05) is 6.20 Å². The Kier molecular flexibility index (Phi) is 5.03. The Bertz CT molecular complexity index is 624. The molecule has 0 radical (unpaired) electrons. The van der Waals surface area contributed by atoms with Crippen LogP contribution in [0, 0.1) is 0 Å². The number of nitrogens with zero attached hydrogens (tertiary/aromatic N) is 2. The van der Waals surface area contributed by atoms with E-state index in [-0.39, 0.29) is 5.91 Å². The van der Waals surface area contributed by atoms with Crippen LogP contribution in [0.15, 0.2) is 64.9 Å². The first-order valence-corrected chi connectivity index (χ1v) is 6.30. The van der Waals surface area contributed by atoms with Crippen molar-refractivity contribution in [2.75, 3.05) is 0 Å². The molecule has 1 heterocycles. The molecule has 4 nitrogen and oxygen atoms in total. The number of carbonyl (C=O) groups excluding carboxylic acids is 1. The number of carbonyl (C=O) groups is 1. The Morgan fingerprint density at radius 2 is 1.90 bits per heavy atom. The van der Waals surface area contributed by atoms with Crippen molar-refractivity contribution >= 4 is 29.8 Å². The topological polar surface area (TPSA) is 54.4 Å².